The summed E-state index contributed by atoms with van der Waals surface area (Å²) >= 11 is 0. The number of fused-ring (bicyclic) bond motifs is 5. The van der Waals surface area contributed by atoms with Crippen LogP contribution < -0.4 is 0 Å². The van der Waals surface area contributed by atoms with E-state index in [-0.39, 0.29) is 18.1 Å². The molecule has 4 rings (SSSR count). The minimum absolute atomic E-state index is 0.121. The number of unbranched alkanes of at least 4 members (excludes halogenated alkanes) is 1. The number of aliphatic hydroxyl groups is 1. The second kappa shape index (κ2) is 14.1. The maximum Gasteiger partial charge on any atom is 0.335 e. The number of hydrogen-bond acceptors (Lipinski definition) is 4. The minimum atomic E-state index is -0.489. The maximum atomic E-state index is 12.0. The van der Waals surface area contributed by atoms with E-state index >= 15 is 0 Å². The molecule has 4 nitrogen and oxygen atoms in total. The zero-order valence-corrected chi connectivity index (χ0v) is 26.7. The Balaban J connectivity index is 1.29. The van der Waals surface area contributed by atoms with Crippen LogP contribution in [0.5, 0.6) is 0 Å². The molecule has 0 aromatic rings. The molecule has 0 saturated heterocycles. The van der Waals surface area contributed by atoms with Crippen LogP contribution in [0.25, 0.3) is 0 Å². The second-order valence-electron chi connectivity index (χ2n) is 15.6. The second-order valence-corrected chi connectivity index (χ2v) is 15.6. The first-order valence-electron chi connectivity index (χ1n) is 17.1. The van der Waals surface area contributed by atoms with Crippen molar-refractivity contribution in [1.29, 1.82) is 0 Å². The fourth-order valence-electron chi connectivity index (χ4n) is 10.4. The summed E-state index contributed by atoms with van der Waals surface area (Å²) in [7, 11) is 1.72. The lowest BCUT2D eigenvalue weighted by molar-refractivity contribution is -0.141. The van der Waals surface area contributed by atoms with Crippen molar-refractivity contribution in [3.05, 3.63) is 12.2 Å². The van der Waals surface area contributed by atoms with Crippen LogP contribution in [0, 0.1) is 58.2 Å². The predicted molar refractivity (Wildman–Crippen MR) is 164 cm³/mol. The smallest absolute Gasteiger partial charge is 0.335 e. The first-order chi connectivity index (χ1) is 19.1. The molecule has 230 valence electrons. The SMILES string of the molecule is C=C(CO)C(=O)OCC(CCC1CCC2(C)C(CCC3C4CCC(CCCCC(C)C)C4(C)CCC32)C1)COC. The highest BCUT2D eigenvalue weighted by atomic mass is 16.5. The highest BCUT2D eigenvalue weighted by molar-refractivity contribution is 5.87. The molecule has 4 aliphatic carbocycles. The quantitative estimate of drug-likeness (QED) is 0.132. The molecule has 1 N–H and O–H groups in total. The summed E-state index contributed by atoms with van der Waals surface area (Å²) in [5, 5.41) is 9.13. The van der Waals surface area contributed by atoms with Gasteiger partial charge < -0.3 is 14.6 Å². The lowest BCUT2D eigenvalue weighted by Crippen LogP contribution is -2.53. The molecule has 4 aliphatic rings. The molecule has 0 spiro atoms. The third-order valence-electron chi connectivity index (χ3n) is 12.9. The average Bonchev–Trinajstić information content (AvgIpc) is 3.27. The molecule has 0 radical (unpaired) electrons. The summed E-state index contributed by atoms with van der Waals surface area (Å²) in [5.74, 6) is 6.13. The summed E-state index contributed by atoms with van der Waals surface area (Å²) in [6.45, 7) is 14.3. The first kappa shape index (κ1) is 32.1. The van der Waals surface area contributed by atoms with Gasteiger partial charge >= 0.3 is 5.97 Å². The molecule has 0 aromatic carbocycles. The molecule has 4 saturated carbocycles. The molecule has 0 amide bonds. The number of rotatable bonds is 14. The van der Waals surface area contributed by atoms with Gasteiger partial charge in [0.05, 0.1) is 25.4 Å². The molecule has 4 fully saturated rings. The lowest BCUT2D eigenvalue weighted by Gasteiger charge is -2.61. The zero-order valence-electron chi connectivity index (χ0n) is 26.7. The minimum Gasteiger partial charge on any atom is -0.462 e. The van der Waals surface area contributed by atoms with Gasteiger partial charge in [0.15, 0.2) is 0 Å². The van der Waals surface area contributed by atoms with E-state index in [1.54, 1.807) is 7.11 Å². The molecule has 0 heterocycles. The lowest BCUT2D eigenvalue weighted by atomic mass is 9.44. The van der Waals surface area contributed by atoms with Gasteiger partial charge in [0.1, 0.15) is 0 Å². The molecular weight excluding hydrogens is 496 g/mol. The summed E-state index contributed by atoms with van der Waals surface area (Å²) < 4.78 is 10.9. The number of hydrogen-bond donors (Lipinski definition) is 1. The molecule has 0 aromatic heterocycles. The van der Waals surface area contributed by atoms with Crippen molar-refractivity contribution in [2.45, 2.75) is 124 Å². The number of carbonyl (C=O) groups excluding carboxylic acids is 1. The third kappa shape index (κ3) is 7.01. The highest BCUT2D eigenvalue weighted by Gasteiger charge is 2.59. The van der Waals surface area contributed by atoms with Crippen molar-refractivity contribution in [3.63, 3.8) is 0 Å². The van der Waals surface area contributed by atoms with Gasteiger partial charge in [-0.25, -0.2) is 4.79 Å². The van der Waals surface area contributed by atoms with Gasteiger partial charge in [-0.3, -0.25) is 0 Å². The molecule has 4 heteroatoms. The summed E-state index contributed by atoms with van der Waals surface area (Å²) in [4.78, 5) is 12.0. The van der Waals surface area contributed by atoms with E-state index in [1.807, 2.05) is 0 Å². The number of methoxy groups -OCH3 is 1. The van der Waals surface area contributed by atoms with Gasteiger partial charge in [0.2, 0.25) is 0 Å². The van der Waals surface area contributed by atoms with Crippen LogP contribution in [0.4, 0.5) is 0 Å². The highest BCUT2D eigenvalue weighted by Crippen LogP contribution is 2.68. The molecule has 0 bridgehead atoms. The fraction of sp³-hybridized carbons (Fsp3) is 0.917. The van der Waals surface area contributed by atoms with Crippen LogP contribution in [0.1, 0.15) is 124 Å². The largest absolute Gasteiger partial charge is 0.462 e. The van der Waals surface area contributed by atoms with Gasteiger partial charge in [-0.1, -0.05) is 53.5 Å². The maximum absolute atomic E-state index is 12.0. The Morgan fingerprint density at radius 2 is 1.68 bits per heavy atom. The third-order valence-corrected chi connectivity index (χ3v) is 12.9. The average molecular weight is 559 g/mol. The van der Waals surface area contributed by atoms with Crippen molar-refractivity contribution in [2.75, 3.05) is 26.9 Å². The Kier molecular flexibility index (Phi) is 11.3. The predicted octanol–water partition coefficient (Wildman–Crippen LogP) is 8.61. The fourth-order valence-corrected chi connectivity index (χ4v) is 10.4. The van der Waals surface area contributed by atoms with Crippen molar-refractivity contribution >= 4 is 5.97 Å². The Labute approximate surface area is 246 Å². The molecule has 9 unspecified atom stereocenters. The van der Waals surface area contributed by atoms with E-state index in [9.17, 15) is 4.79 Å². The van der Waals surface area contributed by atoms with Crippen LogP contribution in [0.2, 0.25) is 0 Å². The van der Waals surface area contributed by atoms with Gasteiger partial charge in [0.25, 0.3) is 0 Å². The molecule has 40 heavy (non-hydrogen) atoms. The Morgan fingerprint density at radius 1 is 0.925 bits per heavy atom. The van der Waals surface area contributed by atoms with Crippen LogP contribution in [0.15, 0.2) is 12.2 Å². The number of aliphatic hydroxyl groups excluding tert-OH is 1. The van der Waals surface area contributed by atoms with Gasteiger partial charge in [-0.05, 0) is 129 Å². The molecule has 9 atom stereocenters. The van der Waals surface area contributed by atoms with Crippen molar-refractivity contribution in [1.82, 2.24) is 0 Å². The molecule has 0 aliphatic heterocycles. The van der Waals surface area contributed by atoms with E-state index in [0.717, 1.165) is 47.8 Å². The standard InChI is InChI=1S/C36H62O4/c1-25(2)9-7-8-10-29-14-16-32-31-15-13-30-21-27(17-19-36(30,5)33(31)18-20-35(29,32)4)11-12-28(23-39-6)24-40-34(38)26(3)22-37/h25,27-33,37H,3,7-24H2,1-2,4-6H3. The number of esters is 1. The summed E-state index contributed by atoms with van der Waals surface area (Å²) in [6.07, 6.45) is 21.1. The van der Waals surface area contributed by atoms with Crippen molar-refractivity contribution < 1.29 is 19.4 Å². The van der Waals surface area contributed by atoms with E-state index in [1.165, 1.54) is 89.9 Å². The first-order valence-corrected chi connectivity index (χ1v) is 17.1. The topological polar surface area (TPSA) is 55.8 Å². The zero-order chi connectivity index (χ0) is 28.9. The monoisotopic (exact) mass is 558 g/mol. The van der Waals surface area contributed by atoms with Crippen LogP contribution in [-0.2, 0) is 14.3 Å². The van der Waals surface area contributed by atoms with E-state index < -0.39 is 5.97 Å². The van der Waals surface area contributed by atoms with Gasteiger partial charge in [-0.2, -0.15) is 0 Å². The Bertz CT molecular complexity index is 837. The molecular formula is C36H62O4. The Morgan fingerprint density at radius 3 is 2.40 bits per heavy atom. The van der Waals surface area contributed by atoms with E-state index in [4.69, 9.17) is 14.6 Å². The normalized spacial score (nSPS) is 37.9. The Hall–Kier alpha value is -0.870. The number of carbonyl (C=O) groups is 1. The van der Waals surface area contributed by atoms with E-state index in [2.05, 4.69) is 34.3 Å². The van der Waals surface area contributed by atoms with Crippen molar-refractivity contribution in [3.8, 4) is 0 Å². The number of ether oxygens (including phenoxy) is 2. The summed E-state index contributed by atoms with van der Waals surface area (Å²) in [6, 6.07) is 0. The van der Waals surface area contributed by atoms with Crippen LogP contribution in [-0.4, -0.2) is 38.0 Å². The van der Waals surface area contributed by atoms with Crippen molar-refractivity contribution in [2.24, 2.45) is 58.2 Å². The van der Waals surface area contributed by atoms with Gasteiger partial charge in [0, 0.05) is 13.0 Å². The van der Waals surface area contributed by atoms with Crippen LogP contribution in [0.3, 0.4) is 0 Å². The van der Waals surface area contributed by atoms with E-state index in [0.29, 0.717) is 24.0 Å². The summed E-state index contributed by atoms with van der Waals surface area (Å²) in [5.41, 5.74) is 1.28. The van der Waals surface area contributed by atoms with Gasteiger partial charge in [-0.15, -0.1) is 0 Å². The van der Waals surface area contributed by atoms with Crippen LogP contribution >= 0.6 is 0 Å².